The molecule has 0 amide bonds. The first kappa shape index (κ1) is 19.4. The molecule has 1 aliphatic rings. The van der Waals surface area contributed by atoms with Gasteiger partial charge in [0.25, 0.3) is 0 Å². The van der Waals surface area contributed by atoms with E-state index >= 15 is 0 Å². The van der Waals surface area contributed by atoms with Gasteiger partial charge in [-0.3, -0.25) is 0 Å². The first-order valence-electron chi connectivity index (χ1n) is 9.49. The van der Waals surface area contributed by atoms with Crippen LogP contribution in [0.4, 0.5) is 0 Å². The van der Waals surface area contributed by atoms with E-state index in [1.165, 1.54) is 0 Å². The zero-order chi connectivity index (χ0) is 20.4. The largest absolute Gasteiger partial charge is 0.496 e. The van der Waals surface area contributed by atoms with E-state index in [2.05, 4.69) is 0 Å². The number of ether oxygens (including phenoxy) is 1. The maximum absolute atomic E-state index is 13.4. The summed E-state index contributed by atoms with van der Waals surface area (Å²) in [5.74, 6) is 0.692. The van der Waals surface area contributed by atoms with Crippen molar-refractivity contribution >= 4 is 16.1 Å². The lowest BCUT2D eigenvalue weighted by Crippen LogP contribution is -2.14. The monoisotopic (exact) mass is 405 g/mol. The van der Waals surface area contributed by atoms with Gasteiger partial charge in [-0.25, -0.2) is 8.42 Å². The van der Waals surface area contributed by atoms with Gasteiger partial charge in [-0.2, -0.15) is 4.31 Å². The van der Waals surface area contributed by atoms with Gasteiger partial charge >= 0.3 is 0 Å². The van der Waals surface area contributed by atoms with Crippen LogP contribution in [0.15, 0.2) is 89.8 Å². The van der Waals surface area contributed by atoms with Crippen molar-refractivity contribution in [3.8, 4) is 5.75 Å². The normalized spacial score (nSPS) is 21.2. The maximum atomic E-state index is 13.4. The molecule has 4 rings (SSSR count). The summed E-state index contributed by atoms with van der Waals surface area (Å²) in [4.78, 5) is 0.304. The molecule has 5 heteroatoms. The number of nitrogens with zero attached hydrogens (tertiary/aromatic N) is 1. The minimum atomic E-state index is -3.63. The highest BCUT2D eigenvalue weighted by Crippen LogP contribution is 2.51. The van der Waals surface area contributed by atoms with Crippen molar-refractivity contribution in [1.82, 2.24) is 4.31 Å². The molecular weight excluding hydrogens is 382 g/mol. The summed E-state index contributed by atoms with van der Waals surface area (Å²) in [5.41, 5.74) is 2.93. The van der Waals surface area contributed by atoms with Crippen LogP contribution in [0.1, 0.15) is 22.7 Å². The molecule has 0 aliphatic carbocycles. The number of benzene rings is 3. The van der Waals surface area contributed by atoms with E-state index in [0.29, 0.717) is 10.6 Å². The van der Waals surface area contributed by atoms with Crippen LogP contribution in [0.3, 0.4) is 0 Å². The minimum absolute atomic E-state index is 0.266. The molecule has 4 nitrogen and oxygen atoms in total. The standard InChI is InChI=1S/C24H23NO3S/c1-18-12-15-20(16-13-18)29(26,27)25-22(17-14-19-8-4-3-5-9-19)24(25)21-10-6-7-11-23(21)28-2/h3-17,22,24H,1-2H3/b17-14+/t22-,24+,25?/m1/s1. The van der Waals surface area contributed by atoms with Crippen LogP contribution in [0.25, 0.3) is 6.08 Å². The SMILES string of the molecule is COc1ccccc1[C@H]1[C@@H](/C=C/c2ccccc2)N1S(=O)(=O)c1ccc(C)cc1. The summed E-state index contributed by atoms with van der Waals surface area (Å²) < 4.78 is 33.8. The third-order valence-electron chi connectivity index (χ3n) is 5.14. The van der Waals surface area contributed by atoms with Gasteiger partial charge in [0.05, 0.1) is 24.1 Å². The average molecular weight is 406 g/mol. The maximum Gasteiger partial charge on any atom is 0.244 e. The van der Waals surface area contributed by atoms with Gasteiger partial charge in [0, 0.05) is 5.56 Å². The molecule has 0 aromatic heterocycles. The van der Waals surface area contributed by atoms with Crippen molar-refractivity contribution in [2.24, 2.45) is 0 Å². The van der Waals surface area contributed by atoms with E-state index in [9.17, 15) is 8.42 Å². The number of para-hydroxylation sites is 1. The Bertz CT molecular complexity index is 1120. The molecule has 1 aliphatic heterocycles. The highest BCUT2D eigenvalue weighted by Gasteiger charge is 2.55. The summed E-state index contributed by atoms with van der Waals surface area (Å²) in [6, 6.07) is 23.9. The number of rotatable bonds is 6. The fourth-order valence-electron chi connectivity index (χ4n) is 3.57. The molecule has 0 spiro atoms. The first-order chi connectivity index (χ1) is 14.0. The Balaban J connectivity index is 1.72. The lowest BCUT2D eigenvalue weighted by molar-refractivity contribution is 0.408. The molecule has 148 valence electrons. The number of aryl methyl sites for hydroxylation is 1. The molecule has 3 atom stereocenters. The van der Waals surface area contributed by atoms with Gasteiger partial charge in [-0.05, 0) is 30.7 Å². The highest BCUT2D eigenvalue weighted by atomic mass is 32.2. The summed E-state index contributed by atoms with van der Waals surface area (Å²) in [6.45, 7) is 1.94. The highest BCUT2D eigenvalue weighted by molar-refractivity contribution is 7.89. The predicted molar refractivity (Wildman–Crippen MR) is 115 cm³/mol. The van der Waals surface area contributed by atoms with E-state index in [1.807, 2.05) is 85.8 Å². The summed E-state index contributed by atoms with van der Waals surface area (Å²) in [5, 5.41) is 0. The van der Waals surface area contributed by atoms with Gasteiger partial charge in [-0.15, -0.1) is 0 Å². The second-order valence-corrected chi connectivity index (χ2v) is 8.94. The quantitative estimate of drug-likeness (QED) is 0.552. The van der Waals surface area contributed by atoms with E-state index < -0.39 is 10.0 Å². The molecule has 0 radical (unpaired) electrons. The van der Waals surface area contributed by atoms with Gasteiger partial charge in [0.1, 0.15) is 5.75 Å². The Hall–Kier alpha value is -2.89. The van der Waals surface area contributed by atoms with Crippen molar-refractivity contribution in [2.45, 2.75) is 23.9 Å². The molecule has 3 aromatic carbocycles. The molecule has 1 saturated heterocycles. The van der Waals surface area contributed by atoms with Gasteiger partial charge in [0.2, 0.25) is 10.0 Å². The second-order valence-electron chi connectivity index (χ2n) is 7.10. The van der Waals surface area contributed by atoms with Crippen molar-refractivity contribution in [3.05, 3.63) is 102 Å². The predicted octanol–water partition coefficient (Wildman–Crippen LogP) is 4.83. The zero-order valence-corrected chi connectivity index (χ0v) is 17.2. The fourth-order valence-corrected chi connectivity index (χ4v) is 5.28. The zero-order valence-electron chi connectivity index (χ0n) is 16.4. The number of methoxy groups -OCH3 is 1. The Morgan fingerprint density at radius 2 is 1.55 bits per heavy atom. The molecular formula is C24H23NO3S. The van der Waals surface area contributed by atoms with Crippen LogP contribution < -0.4 is 4.74 Å². The molecule has 1 unspecified atom stereocenters. The van der Waals surface area contributed by atoms with Gasteiger partial charge < -0.3 is 4.74 Å². The van der Waals surface area contributed by atoms with Crippen LogP contribution in [-0.4, -0.2) is 25.9 Å². The van der Waals surface area contributed by atoms with Crippen LogP contribution >= 0.6 is 0 Å². The summed E-state index contributed by atoms with van der Waals surface area (Å²) in [6.07, 6.45) is 3.93. The Labute approximate surface area is 172 Å². The topological polar surface area (TPSA) is 46.4 Å². The van der Waals surface area contributed by atoms with Gasteiger partial charge in [0.15, 0.2) is 0 Å². The van der Waals surface area contributed by atoms with Crippen LogP contribution in [-0.2, 0) is 10.0 Å². The molecule has 29 heavy (non-hydrogen) atoms. The molecule has 0 bridgehead atoms. The third kappa shape index (κ3) is 3.84. The third-order valence-corrected chi connectivity index (χ3v) is 7.03. The van der Waals surface area contributed by atoms with E-state index in [1.54, 1.807) is 23.5 Å². The van der Waals surface area contributed by atoms with E-state index in [0.717, 1.165) is 16.7 Å². The Morgan fingerprint density at radius 1 is 0.897 bits per heavy atom. The molecule has 1 fully saturated rings. The minimum Gasteiger partial charge on any atom is -0.496 e. The van der Waals surface area contributed by atoms with E-state index in [-0.39, 0.29) is 12.1 Å². The number of hydrogen-bond donors (Lipinski definition) is 0. The lowest BCUT2D eigenvalue weighted by Gasteiger charge is -2.09. The van der Waals surface area contributed by atoms with Crippen LogP contribution in [0.2, 0.25) is 0 Å². The molecule has 1 heterocycles. The second kappa shape index (κ2) is 7.85. The van der Waals surface area contributed by atoms with Crippen molar-refractivity contribution in [3.63, 3.8) is 0 Å². The van der Waals surface area contributed by atoms with E-state index in [4.69, 9.17) is 4.74 Å². The average Bonchev–Trinajstić information content (AvgIpc) is 3.48. The molecule has 0 N–H and O–H groups in total. The van der Waals surface area contributed by atoms with Crippen molar-refractivity contribution < 1.29 is 13.2 Å². The summed E-state index contributed by atoms with van der Waals surface area (Å²) >= 11 is 0. The van der Waals surface area contributed by atoms with Gasteiger partial charge in [-0.1, -0.05) is 78.4 Å². The number of hydrogen-bond acceptors (Lipinski definition) is 3. The van der Waals surface area contributed by atoms with Crippen molar-refractivity contribution in [2.75, 3.05) is 7.11 Å². The van der Waals surface area contributed by atoms with Crippen LogP contribution in [0.5, 0.6) is 5.75 Å². The summed E-state index contributed by atoms with van der Waals surface area (Å²) in [7, 11) is -2.03. The molecule has 3 aromatic rings. The van der Waals surface area contributed by atoms with Crippen molar-refractivity contribution in [1.29, 1.82) is 0 Å². The Kier molecular flexibility index (Phi) is 5.26. The molecule has 0 saturated carbocycles. The smallest absolute Gasteiger partial charge is 0.244 e. The number of sulfonamides is 1. The fraction of sp³-hybridized carbons (Fsp3) is 0.167. The lowest BCUT2D eigenvalue weighted by atomic mass is 10.1. The van der Waals surface area contributed by atoms with Crippen LogP contribution in [0, 0.1) is 6.92 Å². The Morgan fingerprint density at radius 3 is 2.24 bits per heavy atom. The first-order valence-corrected chi connectivity index (χ1v) is 10.9.